The molecule has 0 bridgehead atoms. The molecule has 1 aromatic carbocycles. The van der Waals surface area contributed by atoms with E-state index < -0.39 is 0 Å². The summed E-state index contributed by atoms with van der Waals surface area (Å²) in [7, 11) is 0. The third-order valence-electron chi connectivity index (χ3n) is 2.62. The second kappa shape index (κ2) is 3.95. The average Bonchev–Trinajstić information content (AvgIpc) is 2.82. The smallest absolute Gasteiger partial charge is 0.147 e. The van der Waals surface area contributed by atoms with Gasteiger partial charge in [0.25, 0.3) is 0 Å². The molecule has 0 fully saturated rings. The Bertz CT molecular complexity index is 662. The lowest BCUT2D eigenvalue weighted by Gasteiger charge is -2.06. The van der Waals surface area contributed by atoms with Crippen LogP contribution in [-0.4, -0.2) is 24.6 Å². The third kappa shape index (κ3) is 1.57. The summed E-state index contributed by atoms with van der Waals surface area (Å²) < 4.78 is 1.85. The number of aromatic nitrogens is 4. The van der Waals surface area contributed by atoms with Gasteiger partial charge in [-0.15, -0.1) is 0 Å². The van der Waals surface area contributed by atoms with Gasteiger partial charge in [0, 0.05) is 11.8 Å². The molecule has 3 rings (SSSR count). The predicted molar refractivity (Wildman–Crippen MR) is 62.6 cm³/mol. The minimum absolute atomic E-state index is 0.0946. The van der Waals surface area contributed by atoms with Crippen molar-refractivity contribution in [1.29, 1.82) is 0 Å². The van der Waals surface area contributed by atoms with E-state index in [-0.39, 0.29) is 6.61 Å². The minimum atomic E-state index is -0.0946. The largest absolute Gasteiger partial charge is 0.391 e. The second-order valence-electron chi connectivity index (χ2n) is 3.63. The quantitative estimate of drug-likeness (QED) is 0.715. The lowest BCUT2D eigenvalue weighted by Crippen LogP contribution is -2.02. The van der Waals surface area contributed by atoms with Crippen LogP contribution < -0.4 is 0 Å². The molecule has 1 N–H and O–H groups in total. The molecule has 0 aliphatic rings. The molecule has 2 aromatic heterocycles. The van der Waals surface area contributed by atoms with Gasteiger partial charge in [-0.05, 0) is 12.1 Å². The van der Waals surface area contributed by atoms with E-state index in [1.54, 1.807) is 12.5 Å². The van der Waals surface area contributed by atoms with Crippen LogP contribution in [0.1, 0.15) is 5.56 Å². The Morgan fingerprint density at radius 1 is 1.18 bits per heavy atom. The van der Waals surface area contributed by atoms with E-state index in [4.69, 9.17) is 0 Å². The molecule has 3 aromatic rings. The number of hydrogen-bond acceptors (Lipinski definition) is 4. The van der Waals surface area contributed by atoms with E-state index in [0.29, 0.717) is 11.4 Å². The molecule has 5 heteroatoms. The van der Waals surface area contributed by atoms with E-state index in [2.05, 4.69) is 15.0 Å². The third-order valence-corrected chi connectivity index (χ3v) is 2.62. The number of imidazole rings is 1. The average molecular weight is 226 g/mol. The van der Waals surface area contributed by atoms with Crippen molar-refractivity contribution in [3.05, 3.63) is 48.7 Å². The maximum absolute atomic E-state index is 9.28. The Balaban J connectivity index is 2.27. The van der Waals surface area contributed by atoms with Gasteiger partial charge in [-0.25, -0.2) is 15.0 Å². The maximum atomic E-state index is 9.28. The van der Waals surface area contributed by atoms with Gasteiger partial charge >= 0.3 is 0 Å². The van der Waals surface area contributed by atoms with Crippen LogP contribution in [0.25, 0.3) is 16.9 Å². The van der Waals surface area contributed by atoms with Crippen molar-refractivity contribution in [3.8, 4) is 5.82 Å². The molecule has 0 aliphatic carbocycles. The zero-order valence-corrected chi connectivity index (χ0v) is 8.98. The Morgan fingerprint density at radius 2 is 2.06 bits per heavy atom. The molecule has 0 saturated heterocycles. The summed E-state index contributed by atoms with van der Waals surface area (Å²) in [5.74, 6) is 0.663. The molecule has 0 radical (unpaired) electrons. The van der Waals surface area contributed by atoms with E-state index in [0.717, 1.165) is 11.0 Å². The van der Waals surface area contributed by atoms with Crippen LogP contribution in [0.5, 0.6) is 0 Å². The van der Waals surface area contributed by atoms with Crippen molar-refractivity contribution in [2.45, 2.75) is 6.61 Å². The molecule has 0 unspecified atom stereocenters. The minimum Gasteiger partial charge on any atom is -0.391 e. The molecule has 2 heterocycles. The highest BCUT2D eigenvalue weighted by atomic mass is 16.3. The lowest BCUT2D eigenvalue weighted by atomic mass is 10.3. The van der Waals surface area contributed by atoms with E-state index >= 15 is 0 Å². The summed E-state index contributed by atoms with van der Waals surface area (Å²) in [5.41, 5.74) is 2.53. The number of aliphatic hydroxyl groups is 1. The van der Waals surface area contributed by atoms with Crippen LogP contribution in [-0.2, 0) is 6.61 Å². The highest BCUT2D eigenvalue weighted by molar-refractivity contribution is 5.76. The van der Waals surface area contributed by atoms with Gasteiger partial charge in [0.05, 0.1) is 17.6 Å². The number of rotatable bonds is 2. The molecule has 5 nitrogen and oxygen atoms in total. The SMILES string of the molecule is OCc1cncnc1-n1cnc2ccccc21. The number of benzene rings is 1. The van der Waals surface area contributed by atoms with Gasteiger partial charge in [0.1, 0.15) is 18.5 Å². The maximum Gasteiger partial charge on any atom is 0.147 e. The second-order valence-corrected chi connectivity index (χ2v) is 3.63. The standard InChI is InChI=1S/C12H10N4O/c17-6-9-5-13-7-14-12(9)16-8-15-10-3-1-2-4-11(10)16/h1-5,7-8,17H,6H2. The first-order valence-corrected chi connectivity index (χ1v) is 5.22. The molecule has 0 spiro atoms. The van der Waals surface area contributed by atoms with Gasteiger partial charge in [0.2, 0.25) is 0 Å². The monoisotopic (exact) mass is 226 g/mol. The molecule has 17 heavy (non-hydrogen) atoms. The van der Waals surface area contributed by atoms with E-state index in [1.807, 2.05) is 28.8 Å². The molecular formula is C12H10N4O. The number of aliphatic hydroxyl groups excluding tert-OH is 1. The first-order valence-electron chi connectivity index (χ1n) is 5.22. The first-order chi connectivity index (χ1) is 8.40. The normalized spacial score (nSPS) is 10.9. The Morgan fingerprint density at radius 3 is 2.94 bits per heavy atom. The van der Waals surface area contributed by atoms with Crippen LogP contribution in [0.15, 0.2) is 43.1 Å². The molecular weight excluding hydrogens is 216 g/mol. The summed E-state index contributed by atoms with van der Waals surface area (Å²) >= 11 is 0. The topological polar surface area (TPSA) is 63.8 Å². The van der Waals surface area contributed by atoms with Crippen molar-refractivity contribution >= 4 is 11.0 Å². The summed E-state index contributed by atoms with van der Waals surface area (Å²) in [6.45, 7) is -0.0946. The zero-order valence-electron chi connectivity index (χ0n) is 8.98. The van der Waals surface area contributed by atoms with Gasteiger partial charge in [0.15, 0.2) is 0 Å². The van der Waals surface area contributed by atoms with Gasteiger partial charge in [-0.3, -0.25) is 4.57 Å². The van der Waals surface area contributed by atoms with Crippen molar-refractivity contribution in [1.82, 2.24) is 19.5 Å². The Labute approximate surface area is 97.4 Å². The van der Waals surface area contributed by atoms with Gasteiger partial charge in [-0.2, -0.15) is 0 Å². The van der Waals surface area contributed by atoms with Crippen molar-refractivity contribution < 1.29 is 5.11 Å². The highest BCUT2D eigenvalue weighted by Gasteiger charge is 2.08. The fourth-order valence-electron chi connectivity index (χ4n) is 1.81. The summed E-state index contributed by atoms with van der Waals surface area (Å²) in [6, 6.07) is 7.78. The van der Waals surface area contributed by atoms with E-state index in [9.17, 15) is 5.11 Å². The first kappa shape index (κ1) is 9.92. The molecule has 0 saturated carbocycles. The van der Waals surface area contributed by atoms with Crippen molar-refractivity contribution in [3.63, 3.8) is 0 Å². The van der Waals surface area contributed by atoms with Crippen LogP contribution >= 0.6 is 0 Å². The molecule has 0 aliphatic heterocycles. The summed E-state index contributed by atoms with van der Waals surface area (Å²) in [5, 5.41) is 9.28. The molecule has 0 atom stereocenters. The molecule has 0 amide bonds. The van der Waals surface area contributed by atoms with E-state index in [1.165, 1.54) is 6.33 Å². The summed E-state index contributed by atoms with van der Waals surface area (Å²) in [6.07, 6.45) is 4.77. The number of hydrogen-bond donors (Lipinski definition) is 1. The van der Waals surface area contributed by atoms with Crippen LogP contribution in [0, 0.1) is 0 Å². The van der Waals surface area contributed by atoms with Crippen molar-refractivity contribution in [2.24, 2.45) is 0 Å². The number of para-hydroxylation sites is 2. The van der Waals surface area contributed by atoms with Crippen LogP contribution in [0.4, 0.5) is 0 Å². The fourth-order valence-corrected chi connectivity index (χ4v) is 1.81. The summed E-state index contributed by atoms with van der Waals surface area (Å²) in [4.78, 5) is 12.4. The Kier molecular flexibility index (Phi) is 2.31. The van der Waals surface area contributed by atoms with Crippen LogP contribution in [0.2, 0.25) is 0 Å². The fraction of sp³-hybridized carbons (Fsp3) is 0.0833. The lowest BCUT2D eigenvalue weighted by molar-refractivity contribution is 0.280. The van der Waals surface area contributed by atoms with Crippen molar-refractivity contribution in [2.75, 3.05) is 0 Å². The number of nitrogens with zero attached hydrogens (tertiary/aromatic N) is 4. The van der Waals surface area contributed by atoms with Gasteiger partial charge in [-0.1, -0.05) is 12.1 Å². The highest BCUT2D eigenvalue weighted by Crippen LogP contribution is 2.18. The van der Waals surface area contributed by atoms with Crippen LogP contribution in [0.3, 0.4) is 0 Å². The Hall–Kier alpha value is -2.27. The number of fused-ring (bicyclic) bond motifs is 1. The zero-order chi connectivity index (χ0) is 11.7. The molecule has 84 valence electrons. The predicted octanol–water partition coefficient (Wildman–Crippen LogP) is 1.31. The van der Waals surface area contributed by atoms with Gasteiger partial charge < -0.3 is 5.11 Å².